The number of anilines is 1. The van der Waals surface area contributed by atoms with Crippen molar-refractivity contribution in [2.75, 3.05) is 25.6 Å². The van der Waals surface area contributed by atoms with Crippen LogP contribution in [0.25, 0.3) is 0 Å². The van der Waals surface area contributed by atoms with Gasteiger partial charge in [0.2, 0.25) is 17.7 Å². The molecule has 5 aliphatic rings. The van der Waals surface area contributed by atoms with Crippen molar-refractivity contribution in [3.8, 4) is 5.75 Å². The van der Waals surface area contributed by atoms with Gasteiger partial charge in [0, 0.05) is 30.9 Å². The quantitative estimate of drug-likeness (QED) is 0.533. The number of nitrogens with zero attached hydrogens (tertiary/aromatic N) is 1. The first-order chi connectivity index (χ1) is 18.4. The lowest BCUT2D eigenvalue weighted by atomic mass is 9.74. The topological polar surface area (TPSA) is 106 Å². The number of fused-ring (bicyclic) bond motifs is 1. The first kappa shape index (κ1) is 25.4. The summed E-state index contributed by atoms with van der Waals surface area (Å²) in [6, 6.07) is 6.34. The molecule has 1 aromatic carbocycles. The number of hydrogen-bond acceptors (Lipinski definition) is 6. The molecular weight excluding hydrogens is 486 g/mol. The van der Waals surface area contributed by atoms with Gasteiger partial charge >= 0.3 is 0 Å². The number of nitrogens with one attached hydrogen (secondary N) is 2. The molecule has 9 heteroatoms. The number of ether oxygens (including phenoxy) is 3. The highest BCUT2D eigenvalue weighted by Gasteiger charge is 2.73. The van der Waals surface area contributed by atoms with Crippen LogP contribution in [0.4, 0.5) is 5.69 Å². The molecule has 9 nitrogen and oxygen atoms in total. The maximum atomic E-state index is 14.1. The average molecular weight is 524 g/mol. The lowest BCUT2D eigenvalue weighted by molar-refractivity contribution is -0.143. The van der Waals surface area contributed by atoms with Crippen molar-refractivity contribution in [3.05, 3.63) is 36.4 Å². The number of benzene rings is 1. The molecule has 4 heterocycles. The van der Waals surface area contributed by atoms with Crippen molar-refractivity contribution in [3.63, 3.8) is 0 Å². The molecule has 3 saturated heterocycles. The summed E-state index contributed by atoms with van der Waals surface area (Å²) in [6.07, 6.45) is 9.05. The van der Waals surface area contributed by atoms with E-state index in [4.69, 9.17) is 14.2 Å². The third-order valence-electron chi connectivity index (χ3n) is 9.13. The molecule has 1 spiro atoms. The van der Waals surface area contributed by atoms with E-state index in [1.165, 1.54) is 6.42 Å². The molecule has 2 bridgehead atoms. The van der Waals surface area contributed by atoms with Crippen LogP contribution >= 0.6 is 0 Å². The summed E-state index contributed by atoms with van der Waals surface area (Å²) in [6.45, 7) is 3.15. The fraction of sp³-hybridized carbons (Fsp3) is 0.621. The first-order valence-corrected chi connectivity index (χ1v) is 14.0. The number of methoxy groups -OCH3 is 1. The summed E-state index contributed by atoms with van der Waals surface area (Å²) in [5.41, 5.74) is -0.587. The largest absolute Gasteiger partial charge is 0.497 e. The van der Waals surface area contributed by atoms with Gasteiger partial charge in [0.05, 0.1) is 31.2 Å². The van der Waals surface area contributed by atoms with Crippen molar-refractivity contribution in [1.29, 1.82) is 0 Å². The molecule has 4 fully saturated rings. The molecule has 0 radical (unpaired) electrons. The average Bonchev–Trinajstić information content (AvgIpc) is 3.69. The summed E-state index contributed by atoms with van der Waals surface area (Å²) in [4.78, 5) is 43.3. The Kier molecular flexibility index (Phi) is 6.68. The number of carbonyl (C=O) groups is 3. The Balaban J connectivity index is 1.29. The van der Waals surface area contributed by atoms with E-state index in [1.807, 2.05) is 12.2 Å². The lowest BCUT2D eigenvalue weighted by Crippen LogP contribution is -2.58. The second-order valence-corrected chi connectivity index (χ2v) is 11.4. The Bertz CT molecular complexity index is 1130. The van der Waals surface area contributed by atoms with Crippen LogP contribution in [0, 0.1) is 17.8 Å². The van der Waals surface area contributed by atoms with Crippen molar-refractivity contribution >= 4 is 23.4 Å². The Hall–Kier alpha value is -2.91. The zero-order chi connectivity index (χ0) is 26.4. The minimum absolute atomic E-state index is 0.0705. The third kappa shape index (κ3) is 4.20. The maximum absolute atomic E-state index is 14.1. The van der Waals surface area contributed by atoms with E-state index in [2.05, 4.69) is 17.6 Å². The van der Waals surface area contributed by atoms with Gasteiger partial charge in [-0.25, -0.2) is 0 Å². The van der Waals surface area contributed by atoms with Crippen LogP contribution in [-0.4, -0.2) is 72.8 Å². The van der Waals surface area contributed by atoms with Crippen molar-refractivity contribution in [2.45, 2.75) is 75.3 Å². The van der Waals surface area contributed by atoms with E-state index in [9.17, 15) is 14.4 Å². The second kappa shape index (κ2) is 10.0. The molecule has 1 aliphatic carbocycles. The van der Waals surface area contributed by atoms with Crippen LogP contribution < -0.4 is 15.4 Å². The molecule has 1 saturated carbocycles. The lowest BCUT2D eigenvalue weighted by Gasteiger charge is -2.36. The first-order valence-electron chi connectivity index (χ1n) is 14.0. The number of hydrogen-bond donors (Lipinski definition) is 2. The number of amides is 3. The van der Waals surface area contributed by atoms with Gasteiger partial charge in [-0.15, -0.1) is 0 Å². The summed E-state index contributed by atoms with van der Waals surface area (Å²) >= 11 is 0. The summed E-state index contributed by atoms with van der Waals surface area (Å²) in [7, 11) is 1.57. The second-order valence-electron chi connectivity index (χ2n) is 11.4. The van der Waals surface area contributed by atoms with E-state index in [-0.39, 0.29) is 29.9 Å². The Labute approximate surface area is 223 Å². The van der Waals surface area contributed by atoms with Crippen molar-refractivity contribution < 1.29 is 28.6 Å². The summed E-state index contributed by atoms with van der Waals surface area (Å²) < 4.78 is 17.6. The highest BCUT2D eigenvalue weighted by atomic mass is 16.5. The molecule has 2 N–H and O–H groups in total. The Morgan fingerprint density at radius 2 is 2.00 bits per heavy atom. The smallest absolute Gasteiger partial charge is 0.246 e. The van der Waals surface area contributed by atoms with Gasteiger partial charge in [0.15, 0.2) is 0 Å². The molecule has 6 rings (SSSR count). The monoisotopic (exact) mass is 523 g/mol. The van der Waals surface area contributed by atoms with Crippen LogP contribution in [0.2, 0.25) is 0 Å². The minimum Gasteiger partial charge on any atom is -0.497 e. The SMILES string of the molecule is COc1cccc(NC(=O)[C@H]2[C@H]3C=C[C@@]4(O3)[C@H]2C(=O)N(C[C@@H]2CCCO2)[C@@H]4C(=O)N[C@H]2CCCC[C@@H]2C)c1. The van der Waals surface area contributed by atoms with E-state index in [1.54, 1.807) is 36.3 Å². The predicted molar refractivity (Wildman–Crippen MR) is 139 cm³/mol. The van der Waals surface area contributed by atoms with Crippen LogP contribution in [0.15, 0.2) is 36.4 Å². The fourth-order valence-corrected chi connectivity index (χ4v) is 7.19. The van der Waals surface area contributed by atoms with Crippen LogP contribution in [0.3, 0.4) is 0 Å². The summed E-state index contributed by atoms with van der Waals surface area (Å²) in [5, 5.41) is 6.22. The van der Waals surface area contributed by atoms with E-state index < -0.39 is 29.6 Å². The zero-order valence-corrected chi connectivity index (χ0v) is 22.1. The van der Waals surface area contributed by atoms with Gasteiger partial charge in [-0.1, -0.05) is 38.0 Å². The molecule has 3 amide bonds. The fourth-order valence-electron chi connectivity index (χ4n) is 7.19. The number of carbonyl (C=O) groups excluding carboxylic acids is 3. The van der Waals surface area contributed by atoms with Gasteiger partial charge < -0.3 is 29.7 Å². The van der Waals surface area contributed by atoms with Gasteiger partial charge in [-0.3, -0.25) is 14.4 Å². The van der Waals surface area contributed by atoms with Gasteiger partial charge in [-0.05, 0) is 43.7 Å². The normalized spacial score (nSPS) is 37.4. The van der Waals surface area contributed by atoms with Crippen LogP contribution in [0.1, 0.15) is 45.4 Å². The summed E-state index contributed by atoms with van der Waals surface area (Å²) in [5.74, 6) is -1.22. The molecular formula is C29H37N3O6. The predicted octanol–water partition coefficient (Wildman–Crippen LogP) is 2.66. The molecule has 0 aromatic heterocycles. The Morgan fingerprint density at radius 1 is 1.16 bits per heavy atom. The van der Waals surface area contributed by atoms with Crippen LogP contribution in [0.5, 0.6) is 5.75 Å². The molecule has 38 heavy (non-hydrogen) atoms. The zero-order valence-electron chi connectivity index (χ0n) is 22.1. The molecule has 0 unspecified atom stereocenters. The van der Waals surface area contributed by atoms with E-state index in [0.29, 0.717) is 30.5 Å². The van der Waals surface area contributed by atoms with Crippen molar-refractivity contribution in [2.24, 2.45) is 17.8 Å². The van der Waals surface area contributed by atoms with Gasteiger partial charge in [-0.2, -0.15) is 0 Å². The van der Waals surface area contributed by atoms with E-state index in [0.717, 1.165) is 32.1 Å². The van der Waals surface area contributed by atoms with Crippen molar-refractivity contribution in [1.82, 2.24) is 10.2 Å². The van der Waals surface area contributed by atoms with Gasteiger partial charge in [0.1, 0.15) is 17.4 Å². The molecule has 204 valence electrons. The molecule has 1 aromatic rings. The maximum Gasteiger partial charge on any atom is 0.246 e. The highest BCUT2D eigenvalue weighted by Crippen LogP contribution is 2.55. The number of likely N-dealkylation sites (tertiary alicyclic amines) is 1. The molecule has 8 atom stereocenters. The minimum atomic E-state index is -1.17. The Morgan fingerprint density at radius 3 is 2.76 bits per heavy atom. The van der Waals surface area contributed by atoms with E-state index >= 15 is 0 Å². The third-order valence-corrected chi connectivity index (χ3v) is 9.13. The number of rotatable bonds is 7. The van der Waals surface area contributed by atoms with Gasteiger partial charge in [0.25, 0.3) is 0 Å². The molecule has 4 aliphatic heterocycles. The van der Waals surface area contributed by atoms with Crippen LogP contribution in [-0.2, 0) is 23.9 Å². The standard InChI is InChI=1S/C29H37N3O6/c1-17-7-3-4-11-21(17)31-27(34)25-29-13-12-22(38-29)23(26(33)30-18-8-5-9-19(15-18)36-2)24(29)28(35)32(25)16-20-10-6-14-37-20/h5,8-9,12-13,15,17,20-25H,3-4,6-7,10-11,14,16H2,1-2H3,(H,30,33)(H,31,34)/t17-,20-,21-,22+,23-,24+,25+,29+/m0/s1. The highest BCUT2D eigenvalue weighted by molar-refractivity contribution is 6.02.